The van der Waals surface area contributed by atoms with E-state index in [0.29, 0.717) is 21.8 Å². The van der Waals surface area contributed by atoms with Crippen LogP contribution >= 0.6 is 23.1 Å². The van der Waals surface area contributed by atoms with Crippen LogP contribution in [0.25, 0.3) is 10.6 Å². The smallest absolute Gasteiger partial charge is 0.275 e. The van der Waals surface area contributed by atoms with Gasteiger partial charge in [-0.1, -0.05) is 12.1 Å². The highest BCUT2D eigenvalue weighted by Crippen LogP contribution is 2.27. The van der Waals surface area contributed by atoms with E-state index in [1.54, 1.807) is 41.8 Å². The molecule has 0 spiro atoms. The van der Waals surface area contributed by atoms with Crippen LogP contribution in [0.1, 0.15) is 26.4 Å². The number of nitrogens with zero attached hydrogens (tertiary/aromatic N) is 2. The van der Waals surface area contributed by atoms with Crippen LogP contribution in [-0.2, 0) is 0 Å². The molecule has 2 aromatic carbocycles. The number of carbonyl (C=O) groups is 2. The molecule has 8 heteroatoms. The molecule has 2 amide bonds. The molecule has 0 aliphatic carbocycles. The number of aromatic nitrogens is 1. The van der Waals surface area contributed by atoms with Gasteiger partial charge < -0.3 is 10.2 Å². The Morgan fingerprint density at radius 3 is 2.63 bits per heavy atom. The first kappa shape index (κ1) is 20.6. The van der Waals surface area contributed by atoms with Crippen molar-refractivity contribution in [3.05, 3.63) is 70.5 Å². The molecule has 30 heavy (non-hydrogen) atoms. The highest BCUT2D eigenvalue weighted by atomic mass is 32.2. The molecule has 0 saturated carbocycles. The van der Waals surface area contributed by atoms with Gasteiger partial charge in [-0.25, -0.2) is 9.37 Å². The number of benzene rings is 2. The summed E-state index contributed by atoms with van der Waals surface area (Å²) in [5, 5.41) is 4.90. The quantitative estimate of drug-likeness (QED) is 0.638. The molecule has 0 atom stereocenters. The fourth-order valence-electron chi connectivity index (χ4n) is 3.21. The van der Waals surface area contributed by atoms with Gasteiger partial charge in [-0.3, -0.25) is 9.59 Å². The Labute approximate surface area is 182 Å². The molecule has 5 nitrogen and oxygen atoms in total. The third-order valence-electron chi connectivity index (χ3n) is 4.86. The molecular formula is C22H20FN3O2S2. The number of hydrogen-bond donors (Lipinski definition) is 1. The number of thiazole rings is 1. The van der Waals surface area contributed by atoms with Crippen LogP contribution in [0.5, 0.6) is 0 Å². The first-order chi connectivity index (χ1) is 14.5. The fraction of sp³-hybridized carbons (Fsp3) is 0.227. The number of aryl methyl sites for hydroxylation is 1. The Morgan fingerprint density at radius 1 is 1.13 bits per heavy atom. The van der Waals surface area contributed by atoms with Crippen LogP contribution in [0, 0.1) is 12.7 Å². The Morgan fingerprint density at radius 2 is 1.90 bits per heavy atom. The van der Waals surface area contributed by atoms with E-state index in [0.717, 1.165) is 30.2 Å². The second-order valence-corrected chi connectivity index (χ2v) is 8.99. The van der Waals surface area contributed by atoms with Crippen molar-refractivity contribution >= 4 is 40.6 Å². The Balaban J connectivity index is 1.47. The normalized spacial score (nSPS) is 13.9. The molecule has 0 radical (unpaired) electrons. The number of halogens is 1. The van der Waals surface area contributed by atoms with E-state index < -0.39 is 0 Å². The summed E-state index contributed by atoms with van der Waals surface area (Å²) in [4.78, 5) is 31.4. The van der Waals surface area contributed by atoms with E-state index in [1.807, 2.05) is 23.6 Å². The number of carbonyl (C=O) groups excluding carboxylic acids is 2. The second-order valence-electron chi connectivity index (χ2n) is 6.91. The Kier molecular flexibility index (Phi) is 6.15. The minimum absolute atomic E-state index is 0.0188. The third-order valence-corrected chi connectivity index (χ3v) is 6.68. The van der Waals surface area contributed by atoms with Gasteiger partial charge in [-0.05, 0) is 42.8 Å². The van der Waals surface area contributed by atoms with E-state index in [1.165, 1.54) is 17.4 Å². The van der Waals surface area contributed by atoms with Crippen molar-refractivity contribution in [2.75, 3.05) is 29.9 Å². The number of thioether (sulfide) groups is 1. The maximum atomic E-state index is 14.0. The van der Waals surface area contributed by atoms with Crippen molar-refractivity contribution in [2.24, 2.45) is 0 Å². The third kappa shape index (κ3) is 4.39. The summed E-state index contributed by atoms with van der Waals surface area (Å²) in [6, 6.07) is 11.6. The number of anilines is 1. The van der Waals surface area contributed by atoms with Gasteiger partial charge in [-0.15, -0.1) is 11.3 Å². The largest absolute Gasteiger partial charge is 0.337 e. The zero-order chi connectivity index (χ0) is 21.1. The minimum atomic E-state index is -0.373. The average Bonchev–Trinajstić information content (AvgIpc) is 3.26. The van der Waals surface area contributed by atoms with E-state index in [4.69, 9.17) is 0 Å². The first-order valence-corrected chi connectivity index (χ1v) is 11.6. The molecule has 1 aliphatic heterocycles. The summed E-state index contributed by atoms with van der Waals surface area (Å²) >= 11 is 3.07. The maximum absolute atomic E-state index is 14.0. The van der Waals surface area contributed by atoms with Crippen LogP contribution in [0.15, 0.2) is 47.8 Å². The number of amides is 2. The molecule has 1 saturated heterocycles. The zero-order valence-electron chi connectivity index (χ0n) is 16.4. The minimum Gasteiger partial charge on any atom is -0.337 e. The second kappa shape index (κ2) is 8.97. The predicted octanol–water partition coefficient (Wildman–Crippen LogP) is 4.70. The van der Waals surface area contributed by atoms with E-state index >= 15 is 0 Å². The van der Waals surface area contributed by atoms with Gasteiger partial charge in [0.05, 0.1) is 0 Å². The molecule has 1 aliphatic rings. The Bertz CT molecular complexity index is 1090. The lowest BCUT2D eigenvalue weighted by Crippen LogP contribution is -2.37. The molecule has 2 heterocycles. The van der Waals surface area contributed by atoms with Crippen molar-refractivity contribution < 1.29 is 14.0 Å². The number of hydrogen-bond acceptors (Lipinski definition) is 5. The lowest BCUT2D eigenvalue weighted by Gasteiger charge is -2.26. The molecule has 4 rings (SSSR count). The predicted molar refractivity (Wildman–Crippen MR) is 120 cm³/mol. The standard InChI is InChI=1S/C22H20FN3O2S2/c1-14-12-15(22(28)26-8-10-29-11-9-26)6-7-18(14)24-20(27)19-13-30-21(25-19)16-4-2-3-5-17(16)23/h2-7,12-13H,8-11H2,1H3,(H,24,27). The van der Waals surface area contributed by atoms with Gasteiger partial charge in [0.15, 0.2) is 0 Å². The monoisotopic (exact) mass is 441 g/mol. The zero-order valence-corrected chi connectivity index (χ0v) is 18.0. The molecule has 3 aromatic rings. The molecular weight excluding hydrogens is 421 g/mol. The highest BCUT2D eigenvalue weighted by molar-refractivity contribution is 7.99. The lowest BCUT2D eigenvalue weighted by molar-refractivity contribution is 0.0772. The summed E-state index contributed by atoms with van der Waals surface area (Å²) < 4.78 is 14.0. The van der Waals surface area contributed by atoms with E-state index in [9.17, 15) is 14.0 Å². The topological polar surface area (TPSA) is 62.3 Å². The van der Waals surface area contributed by atoms with Crippen LogP contribution < -0.4 is 5.32 Å². The van der Waals surface area contributed by atoms with Gasteiger partial charge in [0.25, 0.3) is 11.8 Å². The summed E-state index contributed by atoms with van der Waals surface area (Å²) in [7, 11) is 0. The summed E-state index contributed by atoms with van der Waals surface area (Å²) in [6.07, 6.45) is 0. The molecule has 154 valence electrons. The van der Waals surface area contributed by atoms with E-state index in [2.05, 4.69) is 10.3 Å². The first-order valence-electron chi connectivity index (χ1n) is 9.52. The summed E-state index contributed by atoms with van der Waals surface area (Å²) in [6.45, 7) is 3.37. The maximum Gasteiger partial charge on any atom is 0.275 e. The lowest BCUT2D eigenvalue weighted by atomic mass is 10.1. The van der Waals surface area contributed by atoms with Crippen molar-refractivity contribution in [1.29, 1.82) is 0 Å². The van der Waals surface area contributed by atoms with Gasteiger partial charge >= 0.3 is 0 Å². The van der Waals surface area contributed by atoms with Crippen molar-refractivity contribution in [2.45, 2.75) is 6.92 Å². The van der Waals surface area contributed by atoms with Gasteiger partial charge in [-0.2, -0.15) is 11.8 Å². The molecule has 0 unspecified atom stereocenters. The van der Waals surface area contributed by atoms with Crippen molar-refractivity contribution in [1.82, 2.24) is 9.88 Å². The highest BCUT2D eigenvalue weighted by Gasteiger charge is 2.20. The van der Waals surface area contributed by atoms with Crippen molar-refractivity contribution in [3.8, 4) is 10.6 Å². The molecule has 0 bridgehead atoms. The van der Waals surface area contributed by atoms with E-state index in [-0.39, 0.29) is 23.3 Å². The van der Waals surface area contributed by atoms with Crippen LogP contribution in [0.4, 0.5) is 10.1 Å². The average molecular weight is 442 g/mol. The van der Waals surface area contributed by atoms with Crippen molar-refractivity contribution in [3.63, 3.8) is 0 Å². The Hall–Kier alpha value is -2.71. The van der Waals surface area contributed by atoms with Crippen LogP contribution in [0.3, 0.4) is 0 Å². The van der Waals surface area contributed by atoms with Gasteiger partial charge in [0.1, 0.15) is 16.5 Å². The summed E-state index contributed by atoms with van der Waals surface area (Å²) in [5.41, 5.74) is 2.63. The summed E-state index contributed by atoms with van der Waals surface area (Å²) in [5.74, 6) is 1.19. The van der Waals surface area contributed by atoms with Gasteiger partial charge in [0.2, 0.25) is 0 Å². The molecule has 1 fully saturated rings. The van der Waals surface area contributed by atoms with Crippen LogP contribution in [-0.4, -0.2) is 46.3 Å². The molecule has 1 N–H and O–H groups in total. The molecule has 1 aromatic heterocycles. The van der Waals surface area contributed by atoms with Gasteiger partial charge in [0, 0.05) is 46.8 Å². The fourth-order valence-corrected chi connectivity index (χ4v) is 4.94. The number of rotatable bonds is 4. The number of nitrogens with one attached hydrogen (secondary N) is 1. The SMILES string of the molecule is Cc1cc(C(=O)N2CCSCC2)ccc1NC(=O)c1csc(-c2ccccc2F)n1. The van der Waals surface area contributed by atoms with Crippen LogP contribution in [0.2, 0.25) is 0 Å².